The van der Waals surface area contributed by atoms with Crippen LogP contribution in [0.4, 0.5) is 0 Å². The van der Waals surface area contributed by atoms with E-state index in [9.17, 15) is 0 Å². The highest BCUT2D eigenvalue weighted by Crippen LogP contribution is 2.27. The van der Waals surface area contributed by atoms with Crippen LogP contribution < -0.4 is 0 Å². The predicted octanol–water partition coefficient (Wildman–Crippen LogP) is 6.90. The van der Waals surface area contributed by atoms with Crippen molar-refractivity contribution in [1.82, 2.24) is 0 Å². The summed E-state index contributed by atoms with van der Waals surface area (Å²) < 4.78 is 1.07. The number of aryl methyl sites for hydroxylation is 2. The predicted molar refractivity (Wildman–Crippen MR) is 113 cm³/mol. The molecule has 140 valence electrons. The van der Waals surface area contributed by atoms with Gasteiger partial charge in [-0.3, -0.25) is 0 Å². The molecule has 1 aliphatic rings. The number of hydrogen-bond donors (Lipinski definition) is 1. The van der Waals surface area contributed by atoms with Crippen molar-refractivity contribution in [2.75, 3.05) is 0 Å². The summed E-state index contributed by atoms with van der Waals surface area (Å²) in [6.45, 7) is 12.4. The van der Waals surface area contributed by atoms with Crippen LogP contribution in [-0.2, 0) is 0 Å². The fourth-order valence-corrected chi connectivity index (χ4v) is 3.51. The van der Waals surface area contributed by atoms with Crippen molar-refractivity contribution in [3.63, 3.8) is 0 Å². The van der Waals surface area contributed by atoms with Crippen molar-refractivity contribution in [2.45, 2.75) is 79.8 Å². The van der Waals surface area contributed by atoms with Crippen LogP contribution in [0.5, 0.6) is 0 Å². The second kappa shape index (κ2) is 13.1. The van der Waals surface area contributed by atoms with Gasteiger partial charge < -0.3 is 5.11 Å². The molecule has 1 fully saturated rings. The van der Waals surface area contributed by atoms with Crippen LogP contribution in [-0.4, -0.2) is 11.2 Å². The molecule has 0 heterocycles. The Hall–Kier alpha value is -1.11. The third-order valence-corrected chi connectivity index (χ3v) is 5.07. The zero-order chi connectivity index (χ0) is 19.4. The first-order valence-electron chi connectivity index (χ1n) is 9.44. The monoisotopic (exact) mass is 407 g/mol. The van der Waals surface area contributed by atoms with Gasteiger partial charge in [0.1, 0.15) is 0 Å². The van der Waals surface area contributed by atoms with Crippen molar-refractivity contribution < 1.29 is 5.11 Å². The minimum Gasteiger partial charge on any atom is -0.393 e. The standard InChI is InChI=1S/C13H14BrN.C7H14O.C2H6/c1-4-5-13(14)12-7-11(8-15)9(2)6-10(12)3;1-6-2-4-7(8)5-3-6;1-2/h5-7H,4H2,1-3H3;6-8H,2-5H2,1H3;1-2H3/b13-5+;;. The molecule has 1 saturated carbocycles. The van der Waals surface area contributed by atoms with Crippen LogP contribution in [0, 0.1) is 31.1 Å². The minimum atomic E-state index is 0.0196. The molecule has 3 heteroatoms. The van der Waals surface area contributed by atoms with Gasteiger partial charge in [0.25, 0.3) is 0 Å². The van der Waals surface area contributed by atoms with Crippen molar-refractivity contribution in [3.8, 4) is 6.07 Å². The number of hydrogen-bond acceptors (Lipinski definition) is 2. The molecular formula is C22H34BrNO. The van der Waals surface area contributed by atoms with Gasteiger partial charge in [-0.1, -0.05) is 55.8 Å². The van der Waals surface area contributed by atoms with Gasteiger partial charge in [0.2, 0.25) is 0 Å². The number of aliphatic hydroxyl groups excluding tert-OH is 1. The number of aliphatic hydroxyl groups is 1. The molecule has 2 nitrogen and oxygen atoms in total. The first kappa shape index (κ1) is 23.9. The average molecular weight is 408 g/mol. The van der Waals surface area contributed by atoms with E-state index in [1.165, 1.54) is 18.4 Å². The van der Waals surface area contributed by atoms with Crippen molar-refractivity contribution in [2.24, 2.45) is 5.92 Å². The van der Waals surface area contributed by atoms with E-state index in [-0.39, 0.29) is 6.10 Å². The van der Waals surface area contributed by atoms with Crippen LogP contribution in [0.3, 0.4) is 0 Å². The van der Waals surface area contributed by atoms with Crippen LogP contribution in [0.15, 0.2) is 18.2 Å². The fourth-order valence-electron chi connectivity index (χ4n) is 2.76. The Labute approximate surface area is 163 Å². The Morgan fingerprint density at radius 1 is 1.20 bits per heavy atom. The summed E-state index contributed by atoms with van der Waals surface area (Å²) in [5, 5.41) is 18.0. The molecule has 25 heavy (non-hydrogen) atoms. The highest BCUT2D eigenvalue weighted by molar-refractivity contribution is 9.15. The van der Waals surface area contributed by atoms with Crippen molar-refractivity contribution >= 4 is 20.4 Å². The molecule has 0 unspecified atom stereocenters. The van der Waals surface area contributed by atoms with Crippen LogP contribution in [0.1, 0.15) is 82.1 Å². The van der Waals surface area contributed by atoms with E-state index < -0.39 is 0 Å². The fraction of sp³-hybridized carbons (Fsp3) is 0.591. The number of nitriles is 1. The molecule has 0 atom stereocenters. The lowest BCUT2D eigenvalue weighted by atomic mass is 9.89. The summed E-state index contributed by atoms with van der Waals surface area (Å²) in [4.78, 5) is 0. The zero-order valence-electron chi connectivity index (χ0n) is 16.7. The highest BCUT2D eigenvalue weighted by Gasteiger charge is 2.14. The summed E-state index contributed by atoms with van der Waals surface area (Å²) in [6.07, 6.45) is 7.62. The Morgan fingerprint density at radius 3 is 2.20 bits per heavy atom. The largest absolute Gasteiger partial charge is 0.393 e. The average Bonchev–Trinajstić information content (AvgIpc) is 2.60. The van der Waals surface area contributed by atoms with Gasteiger partial charge in [-0.15, -0.1) is 0 Å². The van der Waals surface area contributed by atoms with Gasteiger partial charge in [-0.25, -0.2) is 0 Å². The molecule has 0 bridgehead atoms. The SMILES string of the molecule is CC.CC/C=C(/Br)c1cc(C#N)c(C)cc1C.CC1CCC(O)CC1. The second-order valence-corrected chi connectivity index (χ2v) is 7.32. The molecule has 2 rings (SSSR count). The first-order chi connectivity index (χ1) is 11.9. The Morgan fingerprint density at radius 2 is 1.76 bits per heavy atom. The van der Waals surface area contributed by atoms with Crippen LogP contribution >= 0.6 is 15.9 Å². The molecule has 0 aliphatic heterocycles. The molecular weight excluding hydrogens is 374 g/mol. The molecule has 0 aromatic heterocycles. The Balaban J connectivity index is 0.000000483. The van der Waals surface area contributed by atoms with Gasteiger partial charge in [0.05, 0.1) is 17.7 Å². The van der Waals surface area contributed by atoms with Crippen molar-refractivity contribution in [1.29, 1.82) is 5.26 Å². The molecule has 1 N–H and O–H groups in total. The molecule has 1 aromatic rings. The van der Waals surface area contributed by atoms with E-state index in [4.69, 9.17) is 10.4 Å². The molecule has 1 aromatic carbocycles. The smallest absolute Gasteiger partial charge is 0.0994 e. The van der Waals surface area contributed by atoms with E-state index in [1.807, 2.05) is 26.8 Å². The van der Waals surface area contributed by atoms with Gasteiger partial charge in [-0.2, -0.15) is 5.26 Å². The maximum atomic E-state index is 9.03. The van der Waals surface area contributed by atoms with E-state index in [1.54, 1.807) is 0 Å². The summed E-state index contributed by atoms with van der Waals surface area (Å²) in [6, 6.07) is 6.21. The lowest BCUT2D eigenvalue weighted by Gasteiger charge is -2.21. The highest BCUT2D eigenvalue weighted by atomic mass is 79.9. The summed E-state index contributed by atoms with van der Waals surface area (Å²) in [7, 11) is 0. The molecule has 1 aliphatic carbocycles. The van der Waals surface area contributed by atoms with Crippen LogP contribution in [0.25, 0.3) is 4.48 Å². The molecule has 0 spiro atoms. The first-order valence-corrected chi connectivity index (χ1v) is 10.2. The number of benzene rings is 1. The second-order valence-electron chi connectivity index (χ2n) is 6.47. The summed E-state index contributed by atoms with van der Waals surface area (Å²) >= 11 is 3.54. The lowest BCUT2D eigenvalue weighted by molar-refractivity contribution is 0.112. The minimum absolute atomic E-state index is 0.0196. The molecule has 0 radical (unpaired) electrons. The van der Waals surface area contributed by atoms with Gasteiger partial charge in [0.15, 0.2) is 0 Å². The Kier molecular flexibility index (Phi) is 12.6. The van der Waals surface area contributed by atoms with E-state index in [0.29, 0.717) is 0 Å². The third kappa shape index (κ3) is 8.70. The van der Waals surface area contributed by atoms with Gasteiger partial charge >= 0.3 is 0 Å². The third-order valence-electron chi connectivity index (χ3n) is 4.32. The normalized spacial score (nSPS) is 19.7. The number of allylic oxidation sites excluding steroid dienone is 1. The maximum absolute atomic E-state index is 9.03. The van der Waals surface area contributed by atoms with Crippen LogP contribution in [0.2, 0.25) is 0 Å². The quantitative estimate of drug-likeness (QED) is 0.578. The molecule has 0 saturated heterocycles. The number of rotatable bonds is 2. The van der Waals surface area contributed by atoms with Crippen molar-refractivity contribution in [3.05, 3.63) is 40.5 Å². The van der Waals surface area contributed by atoms with E-state index in [0.717, 1.165) is 46.4 Å². The lowest BCUT2D eigenvalue weighted by Crippen LogP contribution is -2.15. The summed E-state index contributed by atoms with van der Waals surface area (Å²) in [5.74, 6) is 0.860. The van der Waals surface area contributed by atoms with E-state index in [2.05, 4.69) is 54.9 Å². The molecule has 0 amide bonds. The van der Waals surface area contributed by atoms with E-state index >= 15 is 0 Å². The van der Waals surface area contributed by atoms with Gasteiger partial charge in [0, 0.05) is 4.48 Å². The zero-order valence-corrected chi connectivity index (χ0v) is 18.3. The maximum Gasteiger partial charge on any atom is 0.0994 e. The summed E-state index contributed by atoms with van der Waals surface area (Å²) in [5.41, 5.74) is 4.09. The Bertz CT molecular complexity index is 568. The topological polar surface area (TPSA) is 44.0 Å². The number of halogens is 1. The van der Waals surface area contributed by atoms with Gasteiger partial charge in [-0.05, 0) is 74.6 Å². The number of nitrogens with zero attached hydrogens (tertiary/aromatic N) is 1.